The first kappa shape index (κ1) is 11.0. The largest absolute Gasteiger partial charge is 0.378 e. The molecule has 0 radical (unpaired) electrons. The monoisotopic (exact) mass is 226 g/mol. The summed E-state index contributed by atoms with van der Waals surface area (Å²) < 4.78 is 11.6. The highest BCUT2D eigenvalue weighted by molar-refractivity contribution is 5.02. The molecule has 3 saturated heterocycles. The van der Waals surface area contributed by atoms with Crippen molar-refractivity contribution in [3.63, 3.8) is 0 Å². The summed E-state index contributed by atoms with van der Waals surface area (Å²) in [5, 5.41) is 3.50. The number of piperazine rings is 1. The van der Waals surface area contributed by atoms with E-state index in [0.29, 0.717) is 12.1 Å². The summed E-state index contributed by atoms with van der Waals surface area (Å²) in [5.74, 6) is 0. The lowest BCUT2D eigenvalue weighted by Crippen LogP contribution is -2.58. The van der Waals surface area contributed by atoms with Gasteiger partial charge in [-0.2, -0.15) is 0 Å². The van der Waals surface area contributed by atoms with Crippen molar-refractivity contribution >= 4 is 0 Å². The first-order valence-electron chi connectivity index (χ1n) is 6.49. The second kappa shape index (κ2) is 4.26. The van der Waals surface area contributed by atoms with E-state index in [0.717, 1.165) is 45.9 Å². The average molecular weight is 226 g/mol. The molecule has 3 atom stereocenters. The summed E-state index contributed by atoms with van der Waals surface area (Å²) in [7, 11) is 0. The second-order valence-corrected chi connectivity index (χ2v) is 5.37. The van der Waals surface area contributed by atoms with E-state index in [-0.39, 0.29) is 5.60 Å². The van der Waals surface area contributed by atoms with Crippen LogP contribution in [0.2, 0.25) is 0 Å². The number of nitrogens with one attached hydrogen (secondary N) is 1. The van der Waals surface area contributed by atoms with Crippen LogP contribution in [0, 0.1) is 0 Å². The third kappa shape index (κ3) is 1.78. The van der Waals surface area contributed by atoms with Crippen molar-refractivity contribution in [3.8, 4) is 0 Å². The van der Waals surface area contributed by atoms with Crippen molar-refractivity contribution in [2.75, 3.05) is 39.5 Å². The minimum Gasteiger partial charge on any atom is -0.378 e. The number of hydrogen-bond donors (Lipinski definition) is 1. The summed E-state index contributed by atoms with van der Waals surface area (Å²) >= 11 is 0. The minimum atomic E-state index is 0.0249. The molecule has 4 heteroatoms. The Hall–Kier alpha value is -0.160. The van der Waals surface area contributed by atoms with Crippen LogP contribution in [0.15, 0.2) is 0 Å². The quantitative estimate of drug-likeness (QED) is 0.694. The van der Waals surface area contributed by atoms with Gasteiger partial charge in [0.2, 0.25) is 0 Å². The van der Waals surface area contributed by atoms with Crippen molar-refractivity contribution < 1.29 is 9.47 Å². The fraction of sp³-hybridized carbons (Fsp3) is 1.00. The van der Waals surface area contributed by atoms with Crippen molar-refractivity contribution in [2.24, 2.45) is 0 Å². The Morgan fingerprint density at radius 2 is 2.31 bits per heavy atom. The number of rotatable bonds is 1. The molecule has 3 aliphatic heterocycles. The Morgan fingerprint density at radius 1 is 1.38 bits per heavy atom. The predicted molar refractivity (Wildman–Crippen MR) is 61.6 cm³/mol. The Morgan fingerprint density at radius 3 is 3.06 bits per heavy atom. The molecule has 4 nitrogen and oxygen atoms in total. The maximum Gasteiger partial charge on any atom is 0.109 e. The molecule has 0 amide bonds. The van der Waals surface area contributed by atoms with E-state index < -0.39 is 0 Å². The summed E-state index contributed by atoms with van der Waals surface area (Å²) in [6, 6.07) is 1.19. The second-order valence-electron chi connectivity index (χ2n) is 5.37. The lowest BCUT2D eigenvalue weighted by Gasteiger charge is -2.41. The fourth-order valence-corrected chi connectivity index (χ4v) is 3.43. The molecule has 0 aromatic rings. The highest BCUT2D eigenvalue weighted by atomic mass is 16.6. The zero-order valence-corrected chi connectivity index (χ0v) is 10.1. The van der Waals surface area contributed by atoms with Crippen molar-refractivity contribution in [1.82, 2.24) is 10.2 Å². The third-order valence-electron chi connectivity index (χ3n) is 4.25. The van der Waals surface area contributed by atoms with Gasteiger partial charge >= 0.3 is 0 Å². The van der Waals surface area contributed by atoms with E-state index >= 15 is 0 Å². The Balaban J connectivity index is 1.72. The molecule has 16 heavy (non-hydrogen) atoms. The van der Waals surface area contributed by atoms with Crippen LogP contribution in [0.4, 0.5) is 0 Å². The highest BCUT2D eigenvalue weighted by Gasteiger charge is 2.50. The first-order valence-corrected chi connectivity index (χ1v) is 6.49. The Bertz CT molecular complexity index is 248. The molecule has 3 heterocycles. The standard InChI is InChI=1S/C12H22N2O2/c1-10-8-14(5-4-13-10)11-2-6-16-12(11)3-7-15-9-12/h10-11,13H,2-9H2,1H3. The van der Waals surface area contributed by atoms with Crippen LogP contribution in [0.5, 0.6) is 0 Å². The highest BCUT2D eigenvalue weighted by Crippen LogP contribution is 2.37. The molecule has 1 spiro atoms. The van der Waals surface area contributed by atoms with Gasteiger partial charge in [0.15, 0.2) is 0 Å². The third-order valence-corrected chi connectivity index (χ3v) is 4.25. The van der Waals surface area contributed by atoms with Gasteiger partial charge in [-0.15, -0.1) is 0 Å². The summed E-state index contributed by atoms with van der Waals surface area (Å²) in [4.78, 5) is 2.61. The van der Waals surface area contributed by atoms with Crippen molar-refractivity contribution in [2.45, 2.75) is 37.5 Å². The SMILES string of the molecule is CC1CN(C2CCOC23CCOC3)CCN1. The molecule has 0 aromatic carbocycles. The number of nitrogens with zero attached hydrogens (tertiary/aromatic N) is 1. The van der Waals surface area contributed by atoms with Crippen LogP contribution >= 0.6 is 0 Å². The molecule has 3 unspecified atom stereocenters. The molecule has 1 N–H and O–H groups in total. The summed E-state index contributed by atoms with van der Waals surface area (Å²) in [6.07, 6.45) is 2.26. The zero-order chi connectivity index (χ0) is 11.0. The topological polar surface area (TPSA) is 33.7 Å². The van der Waals surface area contributed by atoms with E-state index in [4.69, 9.17) is 9.47 Å². The predicted octanol–water partition coefficient (Wildman–Crippen LogP) is 0.228. The van der Waals surface area contributed by atoms with Gasteiger partial charge in [0.05, 0.1) is 6.61 Å². The normalized spacial score (nSPS) is 45.6. The van der Waals surface area contributed by atoms with Crippen LogP contribution in [-0.4, -0.2) is 62.0 Å². The van der Waals surface area contributed by atoms with E-state index in [1.807, 2.05) is 0 Å². The molecule has 0 aliphatic carbocycles. The van der Waals surface area contributed by atoms with Gasteiger partial charge < -0.3 is 14.8 Å². The van der Waals surface area contributed by atoms with E-state index in [2.05, 4.69) is 17.1 Å². The number of hydrogen-bond acceptors (Lipinski definition) is 4. The van der Waals surface area contributed by atoms with Crippen molar-refractivity contribution in [1.29, 1.82) is 0 Å². The fourth-order valence-electron chi connectivity index (χ4n) is 3.43. The molecular weight excluding hydrogens is 204 g/mol. The van der Waals surface area contributed by atoms with Gasteiger partial charge in [-0.05, 0) is 13.3 Å². The van der Waals surface area contributed by atoms with Gasteiger partial charge in [0, 0.05) is 51.4 Å². The zero-order valence-electron chi connectivity index (χ0n) is 10.1. The molecule has 3 fully saturated rings. The van der Waals surface area contributed by atoms with Crippen LogP contribution in [0.25, 0.3) is 0 Å². The van der Waals surface area contributed by atoms with E-state index in [1.165, 1.54) is 6.42 Å². The molecule has 0 aromatic heterocycles. The summed E-state index contributed by atoms with van der Waals surface area (Å²) in [5.41, 5.74) is 0.0249. The van der Waals surface area contributed by atoms with Crippen LogP contribution in [-0.2, 0) is 9.47 Å². The smallest absolute Gasteiger partial charge is 0.109 e. The molecule has 3 rings (SSSR count). The number of ether oxygens (including phenoxy) is 2. The average Bonchev–Trinajstić information content (AvgIpc) is 2.90. The first-order chi connectivity index (χ1) is 7.80. The summed E-state index contributed by atoms with van der Waals surface area (Å²) in [6.45, 7) is 8.25. The maximum atomic E-state index is 6.02. The van der Waals surface area contributed by atoms with Gasteiger partial charge in [-0.3, -0.25) is 4.90 Å². The molecule has 92 valence electrons. The maximum absolute atomic E-state index is 6.02. The lowest BCUT2D eigenvalue weighted by atomic mass is 9.91. The van der Waals surface area contributed by atoms with Gasteiger partial charge in [0.1, 0.15) is 5.60 Å². The Labute approximate surface area is 97.3 Å². The van der Waals surface area contributed by atoms with E-state index in [1.54, 1.807) is 0 Å². The molecule has 3 aliphatic rings. The lowest BCUT2D eigenvalue weighted by molar-refractivity contribution is -0.0478. The van der Waals surface area contributed by atoms with Crippen LogP contribution in [0.3, 0.4) is 0 Å². The van der Waals surface area contributed by atoms with Gasteiger partial charge in [0.25, 0.3) is 0 Å². The molecule has 0 bridgehead atoms. The Kier molecular flexibility index (Phi) is 2.92. The molecule has 0 saturated carbocycles. The van der Waals surface area contributed by atoms with Crippen LogP contribution in [0.1, 0.15) is 19.8 Å². The van der Waals surface area contributed by atoms with Crippen LogP contribution < -0.4 is 5.32 Å². The van der Waals surface area contributed by atoms with Gasteiger partial charge in [-0.25, -0.2) is 0 Å². The minimum absolute atomic E-state index is 0.0249. The molecular formula is C12H22N2O2. The van der Waals surface area contributed by atoms with Gasteiger partial charge in [-0.1, -0.05) is 0 Å². The van der Waals surface area contributed by atoms with Crippen molar-refractivity contribution in [3.05, 3.63) is 0 Å². The van der Waals surface area contributed by atoms with E-state index in [9.17, 15) is 0 Å².